The maximum absolute atomic E-state index is 12.0. The molecule has 0 aliphatic carbocycles. The molecule has 92 valence electrons. The number of nitrogens with one attached hydrogen (secondary N) is 3. The van der Waals surface area contributed by atoms with Crippen LogP contribution in [0.3, 0.4) is 0 Å². The Hall–Kier alpha value is -2.57. The average molecular weight is 247 g/mol. The highest BCUT2D eigenvalue weighted by Gasteiger charge is 2.58. The molecule has 3 N–H and O–H groups in total. The lowest BCUT2D eigenvalue weighted by atomic mass is 9.91. The number of imide groups is 1. The Labute approximate surface area is 101 Å². The third-order valence-electron chi connectivity index (χ3n) is 3.09. The molecular formula is C11H9N3O4. The number of fused-ring (bicyclic) bond motifs is 2. The van der Waals surface area contributed by atoms with E-state index in [1.807, 2.05) is 0 Å². The van der Waals surface area contributed by atoms with E-state index in [0.717, 1.165) is 0 Å². The smallest absolute Gasteiger partial charge is 0.323 e. The van der Waals surface area contributed by atoms with Gasteiger partial charge in [-0.05, 0) is 12.1 Å². The van der Waals surface area contributed by atoms with Crippen molar-refractivity contribution >= 4 is 23.5 Å². The molecule has 1 fully saturated rings. The van der Waals surface area contributed by atoms with Crippen LogP contribution in [0.2, 0.25) is 0 Å². The summed E-state index contributed by atoms with van der Waals surface area (Å²) in [7, 11) is 1.50. The molecule has 0 aromatic heterocycles. The lowest BCUT2D eigenvalue weighted by Gasteiger charge is -2.17. The Morgan fingerprint density at radius 1 is 1.11 bits per heavy atom. The van der Waals surface area contributed by atoms with Crippen LogP contribution >= 0.6 is 0 Å². The number of ether oxygens (including phenoxy) is 1. The van der Waals surface area contributed by atoms with Crippen LogP contribution in [-0.2, 0) is 15.1 Å². The number of benzene rings is 1. The zero-order valence-corrected chi connectivity index (χ0v) is 9.37. The van der Waals surface area contributed by atoms with E-state index in [0.29, 0.717) is 17.0 Å². The van der Waals surface area contributed by atoms with Gasteiger partial charge in [0.15, 0.2) is 0 Å². The van der Waals surface area contributed by atoms with E-state index < -0.39 is 23.4 Å². The van der Waals surface area contributed by atoms with E-state index in [2.05, 4.69) is 16.0 Å². The molecule has 7 heteroatoms. The van der Waals surface area contributed by atoms with Gasteiger partial charge >= 0.3 is 6.03 Å². The molecule has 0 bridgehead atoms. The molecule has 1 aromatic rings. The zero-order chi connectivity index (χ0) is 12.9. The minimum absolute atomic E-state index is 0.414. The standard InChI is InChI=1S/C11H9N3O4/c1-18-5-2-3-6-7(4-5)12-8(15)11(6)9(16)13-10(17)14-11/h2-4H,1H3,(H,12,15)(H2,13,14,16,17). The Kier molecular flexibility index (Phi) is 1.89. The Morgan fingerprint density at radius 2 is 1.83 bits per heavy atom. The third kappa shape index (κ3) is 1.10. The first-order chi connectivity index (χ1) is 8.57. The van der Waals surface area contributed by atoms with Gasteiger partial charge in [-0.3, -0.25) is 14.9 Å². The molecule has 2 aliphatic rings. The van der Waals surface area contributed by atoms with Crippen molar-refractivity contribution in [3.8, 4) is 5.75 Å². The fourth-order valence-corrected chi connectivity index (χ4v) is 2.22. The monoisotopic (exact) mass is 247 g/mol. The highest BCUT2D eigenvalue weighted by Crippen LogP contribution is 2.39. The van der Waals surface area contributed by atoms with Gasteiger partial charge in [-0.15, -0.1) is 0 Å². The van der Waals surface area contributed by atoms with Gasteiger partial charge in [-0.25, -0.2) is 4.79 Å². The van der Waals surface area contributed by atoms with Gasteiger partial charge in [0.1, 0.15) is 5.75 Å². The SMILES string of the molecule is COc1ccc2c(c1)NC(=O)C21NC(=O)NC1=O. The molecule has 7 nitrogen and oxygen atoms in total. The summed E-state index contributed by atoms with van der Waals surface area (Å²) in [5.74, 6) is -0.696. The third-order valence-corrected chi connectivity index (χ3v) is 3.09. The fraction of sp³-hybridized carbons (Fsp3) is 0.182. The minimum atomic E-state index is -1.65. The first kappa shape index (κ1) is 10.6. The molecule has 4 amide bonds. The van der Waals surface area contributed by atoms with Crippen molar-refractivity contribution in [3.63, 3.8) is 0 Å². The first-order valence-corrected chi connectivity index (χ1v) is 5.21. The highest BCUT2D eigenvalue weighted by atomic mass is 16.5. The predicted molar refractivity (Wildman–Crippen MR) is 60.0 cm³/mol. The molecule has 0 radical (unpaired) electrons. The molecule has 1 saturated heterocycles. The molecule has 3 rings (SSSR count). The number of urea groups is 1. The molecule has 1 aromatic carbocycles. The van der Waals surface area contributed by atoms with Crippen LogP contribution < -0.4 is 20.7 Å². The lowest BCUT2D eigenvalue weighted by Crippen LogP contribution is -2.49. The van der Waals surface area contributed by atoms with Crippen LogP contribution in [0.5, 0.6) is 5.75 Å². The summed E-state index contributed by atoms with van der Waals surface area (Å²) in [6, 6.07) is 4.12. The first-order valence-electron chi connectivity index (χ1n) is 5.21. The molecule has 1 spiro atoms. The van der Waals surface area contributed by atoms with Crippen molar-refractivity contribution in [2.45, 2.75) is 5.54 Å². The summed E-state index contributed by atoms with van der Waals surface area (Å²) in [6.07, 6.45) is 0. The number of amides is 4. The number of anilines is 1. The van der Waals surface area contributed by atoms with Crippen molar-refractivity contribution in [2.75, 3.05) is 12.4 Å². The van der Waals surface area contributed by atoms with Gasteiger partial charge in [0.05, 0.1) is 12.8 Å². The minimum Gasteiger partial charge on any atom is -0.497 e. The topological polar surface area (TPSA) is 96.5 Å². The number of rotatable bonds is 1. The van der Waals surface area contributed by atoms with E-state index >= 15 is 0 Å². The average Bonchev–Trinajstić information content (AvgIpc) is 2.78. The fourth-order valence-electron chi connectivity index (χ4n) is 2.22. The summed E-state index contributed by atoms with van der Waals surface area (Å²) < 4.78 is 5.03. The lowest BCUT2D eigenvalue weighted by molar-refractivity contribution is -0.132. The van der Waals surface area contributed by atoms with Crippen molar-refractivity contribution < 1.29 is 19.1 Å². The zero-order valence-electron chi connectivity index (χ0n) is 9.37. The van der Waals surface area contributed by atoms with Crippen LogP contribution in [-0.4, -0.2) is 25.0 Å². The van der Waals surface area contributed by atoms with Crippen molar-refractivity contribution in [3.05, 3.63) is 23.8 Å². The second-order valence-corrected chi connectivity index (χ2v) is 4.02. The van der Waals surface area contributed by atoms with Crippen LogP contribution in [0.25, 0.3) is 0 Å². The number of carbonyl (C=O) groups excluding carboxylic acids is 3. The highest BCUT2D eigenvalue weighted by molar-refractivity contribution is 6.26. The summed E-state index contributed by atoms with van der Waals surface area (Å²) in [5.41, 5.74) is -0.785. The normalized spacial score (nSPS) is 24.6. The second-order valence-electron chi connectivity index (χ2n) is 4.02. The van der Waals surface area contributed by atoms with E-state index in [9.17, 15) is 14.4 Å². The maximum atomic E-state index is 12.0. The van der Waals surface area contributed by atoms with Crippen molar-refractivity contribution in [1.82, 2.24) is 10.6 Å². The van der Waals surface area contributed by atoms with E-state index in [1.165, 1.54) is 7.11 Å². The summed E-state index contributed by atoms with van der Waals surface area (Å²) in [4.78, 5) is 35.1. The van der Waals surface area contributed by atoms with Crippen molar-refractivity contribution in [2.24, 2.45) is 0 Å². The van der Waals surface area contributed by atoms with Gasteiger partial charge in [0.2, 0.25) is 5.54 Å². The van der Waals surface area contributed by atoms with Crippen LogP contribution in [0.15, 0.2) is 18.2 Å². The van der Waals surface area contributed by atoms with Crippen LogP contribution in [0, 0.1) is 0 Å². The molecular weight excluding hydrogens is 238 g/mol. The van der Waals surface area contributed by atoms with E-state index in [1.54, 1.807) is 18.2 Å². The van der Waals surface area contributed by atoms with Crippen molar-refractivity contribution in [1.29, 1.82) is 0 Å². The largest absolute Gasteiger partial charge is 0.497 e. The van der Waals surface area contributed by atoms with E-state index in [4.69, 9.17) is 4.74 Å². The molecule has 2 heterocycles. The number of methoxy groups -OCH3 is 1. The van der Waals surface area contributed by atoms with Gasteiger partial charge in [0, 0.05) is 11.6 Å². The quantitative estimate of drug-likeness (QED) is 0.468. The molecule has 1 atom stereocenters. The van der Waals surface area contributed by atoms with Crippen LogP contribution in [0.4, 0.5) is 10.5 Å². The molecule has 18 heavy (non-hydrogen) atoms. The van der Waals surface area contributed by atoms with Crippen LogP contribution in [0.1, 0.15) is 5.56 Å². The molecule has 2 aliphatic heterocycles. The Balaban J connectivity index is 2.18. The maximum Gasteiger partial charge on any atom is 0.323 e. The predicted octanol–water partition coefficient (Wildman–Crippen LogP) is -0.318. The molecule has 1 unspecified atom stereocenters. The molecule has 0 saturated carbocycles. The number of carbonyl (C=O) groups is 3. The summed E-state index contributed by atoms with van der Waals surface area (Å²) in [5, 5.41) is 7.00. The Morgan fingerprint density at radius 3 is 2.44 bits per heavy atom. The number of hydrogen-bond donors (Lipinski definition) is 3. The van der Waals surface area contributed by atoms with Gasteiger partial charge in [0.25, 0.3) is 11.8 Å². The van der Waals surface area contributed by atoms with Gasteiger partial charge in [-0.1, -0.05) is 0 Å². The van der Waals surface area contributed by atoms with E-state index in [-0.39, 0.29) is 0 Å². The van der Waals surface area contributed by atoms with Gasteiger partial charge in [-0.2, -0.15) is 0 Å². The Bertz CT molecular complexity index is 598. The summed E-state index contributed by atoms with van der Waals surface area (Å²) in [6.45, 7) is 0. The van der Waals surface area contributed by atoms with Gasteiger partial charge < -0.3 is 15.4 Å². The number of hydrogen-bond acceptors (Lipinski definition) is 4. The second kappa shape index (κ2) is 3.22. The summed E-state index contributed by atoms with van der Waals surface area (Å²) >= 11 is 0.